The number of esters is 1. The smallest absolute Gasteiger partial charge is 0.321 e. The Labute approximate surface area is 172 Å². The average Bonchev–Trinajstić information content (AvgIpc) is 3.32. The Morgan fingerprint density at radius 2 is 1.66 bits per heavy atom. The molecular formula is C23H21NO4S. The van der Waals surface area contributed by atoms with E-state index in [-0.39, 0.29) is 12.5 Å². The van der Waals surface area contributed by atoms with Crippen LogP contribution in [0.25, 0.3) is 11.1 Å². The van der Waals surface area contributed by atoms with Crippen LogP contribution in [0.2, 0.25) is 0 Å². The number of thiophene rings is 1. The van der Waals surface area contributed by atoms with Crippen molar-refractivity contribution in [2.75, 3.05) is 6.61 Å². The number of fused-ring (bicyclic) bond motifs is 3. The lowest BCUT2D eigenvalue weighted by atomic mass is 9.95. The first-order valence-electron chi connectivity index (χ1n) is 9.40. The van der Waals surface area contributed by atoms with Gasteiger partial charge < -0.3 is 15.6 Å². The van der Waals surface area contributed by atoms with E-state index in [4.69, 9.17) is 10.5 Å². The van der Waals surface area contributed by atoms with Gasteiger partial charge in [-0.1, -0.05) is 48.5 Å². The molecule has 6 heteroatoms. The molecule has 4 rings (SSSR count). The van der Waals surface area contributed by atoms with Gasteiger partial charge in [0.15, 0.2) is 5.92 Å². The van der Waals surface area contributed by atoms with Crippen LogP contribution in [0.5, 0.6) is 0 Å². The number of benzene rings is 2. The van der Waals surface area contributed by atoms with Crippen molar-refractivity contribution in [3.8, 4) is 11.1 Å². The van der Waals surface area contributed by atoms with Crippen LogP contribution in [0.4, 0.5) is 0 Å². The number of carbonyl (C=O) groups is 2. The van der Waals surface area contributed by atoms with Crippen LogP contribution in [-0.4, -0.2) is 29.7 Å². The summed E-state index contributed by atoms with van der Waals surface area (Å²) in [7, 11) is 0. The molecule has 2 unspecified atom stereocenters. The summed E-state index contributed by atoms with van der Waals surface area (Å²) in [6.07, 6.45) is 0.310. The maximum absolute atomic E-state index is 12.7. The monoisotopic (exact) mass is 407 g/mol. The maximum Gasteiger partial charge on any atom is 0.321 e. The molecule has 0 saturated heterocycles. The number of nitrogens with two attached hydrogens (primary N) is 1. The highest BCUT2D eigenvalue weighted by Gasteiger charge is 2.36. The van der Waals surface area contributed by atoms with Crippen LogP contribution < -0.4 is 5.73 Å². The lowest BCUT2D eigenvalue weighted by Gasteiger charge is -2.20. The van der Waals surface area contributed by atoms with Crippen LogP contribution in [0.1, 0.15) is 22.6 Å². The molecule has 0 spiro atoms. The molecule has 0 aliphatic heterocycles. The van der Waals surface area contributed by atoms with Crippen LogP contribution in [0, 0.1) is 5.92 Å². The fourth-order valence-corrected chi connectivity index (χ4v) is 4.63. The van der Waals surface area contributed by atoms with Crippen molar-refractivity contribution in [3.05, 3.63) is 82.0 Å². The first-order valence-corrected chi connectivity index (χ1v) is 10.3. The minimum absolute atomic E-state index is 0.0851. The van der Waals surface area contributed by atoms with Gasteiger partial charge >= 0.3 is 11.9 Å². The Kier molecular flexibility index (Phi) is 5.47. The average molecular weight is 407 g/mol. The van der Waals surface area contributed by atoms with Crippen molar-refractivity contribution >= 4 is 23.3 Å². The van der Waals surface area contributed by atoms with Crippen molar-refractivity contribution < 1.29 is 19.4 Å². The second kappa shape index (κ2) is 8.19. The molecule has 2 atom stereocenters. The summed E-state index contributed by atoms with van der Waals surface area (Å²) in [5.74, 6) is -3.57. The Morgan fingerprint density at radius 3 is 2.21 bits per heavy atom. The molecule has 0 bridgehead atoms. The summed E-state index contributed by atoms with van der Waals surface area (Å²) in [6.45, 7) is 0.0851. The van der Waals surface area contributed by atoms with Gasteiger partial charge in [-0.05, 0) is 51.1 Å². The highest BCUT2D eigenvalue weighted by molar-refractivity contribution is 7.07. The van der Waals surface area contributed by atoms with E-state index in [0.717, 1.165) is 27.8 Å². The molecule has 0 fully saturated rings. The van der Waals surface area contributed by atoms with E-state index < -0.39 is 23.9 Å². The first-order chi connectivity index (χ1) is 14.1. The van der Waals surface area contributed by atoms with Crippen molar-refractivity contribution in [1.29, 1.82) is 0 Å². The molecule has 3 aromatic rings. The summed E-state index contributed by atoms with van der Waals surface area (Å²) in [6, 6.07) is 17.0. The Balaban J connectivity index is 1.50. The summed E-state index contributed by atoms with van der Waals surface area (Å²) < 4.78 is 5.51. The van der Waals surface area contributed by atoms with Crippen LogP contribution in [-0.2, 0) is 20.7 Å². The second-order valence-corrected chi connectivity index (χ2v) is 7.95. The van der Waals surface area contributed by atoms with Gasteiger partial charge in [-0.25, -0.2) is 0 Å². The zero-order valence-corrected chi connectivity index (χ0v) is 16.5. The fraction of sp³-hybridized carbons (Fsp3) is 0.217. The molecule has 29 heavy (non-hydrogen) atoms. The number of aliphatic carboxylic acids is 1. The number of hydrogen-bond donors (Lipinski definition) is 2. The Bertz CT molecular complexity index is 985. The van der Waals surface area contributed by atoms with E-state index >= 15 is 0 Å². The number of hydrogen-bond acceptors (Lipinski definition) is 5. The fourth-order valence-electron chi connectivity index (χ4n) is 3.95. The molecule has 1 aliphatic rings. The van der Waals surface area contributed by atoms with Crippen molar-refractivity contribution in [2.24, 2.45) is 11.7 Å². The normalized spacial score (nSPS) is 14.7. The number of rotatable bonds is 7. The topological polar surface area (TPSA) is 89.6 Å². The van der Waals surface area contributed by atoms with E-state index in [1.165, 1.54) is 11.3 Å². The number of carboxylic acids is 1. The van der Waals surface area contributed by atoms with Crippen molar-refractivity contribution in [2.45, 2.75) is 18.4 Å². The van der Waals surface area contributed by atoms with Gasteiger partial charge in [0, 0.05) is 12.0 Å². The summed E-state index contributed by atoms with van der Waals surface area (Å²) in [5, 5.41) is 13.4. The first kappa shape index (κ1) is 19.4. The van der Waals surface area contributed by atoms with E-state index in [2.05, 4.69) is 0 Å². The van der Waals surface area contributed by atoms with Crippen LogP contribution in [0.3, 0.4) is 0 Å². The van der Waals surface area contributed by atoms with Crippen molar-refractivity contribution in [1.82, 2.24) is 0 Å². The third-order valence-corrected chi connectivity index (χ3v) is 6.09. The van der Waals surface area contributed by atoms with Gasteiger partial charge in [-0.2, -0.15) is 11.3 Å². The second-order valence-electron chi connectivity index (χ2n) is 7.17. The van der Waals surface area contributed by atoms with Crippen LogP contribution >= 0.6 is 11.3 Å². The van der Waals surface area contributed by atoms with E-state index in [9.17, 15) is 14.7 Å². The molecule has 0 radical (unpaired) electrons. The number of carbonyl (C=O) groups excluding carboxylic acids is 1. The molecule has 1 heterocycles. The number of carboxylic acid groups (broad SMARTS) is 1. The quantitative estimate of drug-likeness (QED) is 0.461. The minimum atomic E-state index is -1.40. The third kappa shape index (κ3) is 3.81. The standard InChI is InChI=1S/C23H21NO4S/c24-20(11-14-9-10-29-13-14)21(22(25)26)23(27)28-12-19-17-7-3-1-5-15(17)16-6-2-4-8-18(16)19/h1-10,13,19-21H,11-12,24H2,(H,25,26). The van der Waals surface area contributed by atoms with Gasteiger partial charge in [0.25, 0.3) is 0 Å². The summed E-state index contributed by atoms with van der Waals surface area (Å²) >= 11 is 1.50. The highest BCUT2D eigenvalue weighted by Crippen LogP contribution is 2.44. The molecule has 148 valence electrons. The molecule has 5 nitrogen and oxygen atoms in total. The summed E-state index contributed by atoms with van der Waals surface area (Å²) in [5.41, 5.74) is 11.4. The van der Waals surface area contributed by atoms with Gasteiger partial charge in [0.1, 0.15) is 6.61 Å². The van der Waals surface area contributed by atoms with Gasteiger partial charge in [0.05, 0.1) is 0 Å². The molecule has 0 amide bonds. The number of ether oxygens (including phenoxy) is 1. The lowest BCUT2D eigenvalue weighted by molar-refractivity contribution is -0.159. The molecule has 1 aromatic heterocycles. The largest absolute Gasteiger partial charge is 0.481 e. The SMILES string of the molecule is NC(Cc1ccsc1)C(C(=O)O)C(=O)OCC1c2ccccc2-c2ccccc21. The molecule has 1 aliphatic carbocycles. The predicted octanol–water partition coefficient (Wildman–Crippen LogP) is 3.67. The molecule has 3 N–H and O–H groups in total. The maximum atomic E-state index is 12.7. The zero-order valence-electron chi connectivity index (χ0n) is 15.7. The third-order valence-electron chi connectivity index (χ3n) is 5.35. The Hall–Kier alpha value is -2.96. The minimum Gasteiger partial charge on any atom is -0.481 e. The molecule has 0 saturated carbocycles. The molecular weight excluding hydrogens is 386 g/mol. The van der Waals surface area contributed by atoms with E-state index in [1.807, 2.05) is 65.4 Å². The molecule has 2 aromatic carbocycles. The van der Waals surface area contributed by atoms with Gasteiger partial charge in [-0.15, -0.1) is 0 Å². The van der Waals surface area contributed by atoms with Crippen molar-refractivity contribution in [3.63, 3.8) is 0 Å². The zero-order chi connectivity index (χ0) is 20.4. The van der Waals surface area contributed by atoms with Gasteiger partial charge in [-0.3, -0.25) is 9.59 Å². The van der Waals surface area contributed by atoms with E-state index in [1.54, 1.807) is 0 Å². The van der Waals surface area contributed by atoms with Crippen LogP contribution in [0.15, 0.2) is 65.4 Å². The van der Waals surface area contributed by atoms with Gasteiger partial charge in [0.2, 0.25) is 0 Å². The highest BCUT2D eigenvalue weighted by atomic mass is 32.1. The lowest BCUT2D eigenvalue weighted by Crippen LogP contribution is -2.43. The summed E-state index contributed by atoms with van der Waals surface area (Å²) in [4.78, 5) is 24.4. The Morgan fingerprint density at radius 1 is 1.03 bits per heavy atom. The predicted molar refractivity (Wildman–Crippen MR) is 112 cm³/mol. The van der Waals surface area contributed by atoms with E-state index in [0.29, 0.717) is 6.42 Å².